The smallest absolute Gasteiger partial charge is 0.328 e. The van der Waals surface area contributed by atoms with Crippen LogP contribution in [0.15, 0.2) is 30.3 Å². The van der Waals surface area contributed by atoms with Crippen molar-refractivity contribution < 1.29 is 9.90 Å². The second-order valence-electron chi connectivity index (χ2n) is 5.88. The predicted molar refractivity (Wildman–Crippen MR) is 81.4 cm³/mol. The van der Waals surface area contributed by atoms with Crippen LogP contribution >= 0.6 is 0 Å². The molecule has 3 nitrogen and oxygen atoms in total. The second-order valence-corrected chi connectivity index (χ2v) is 5.88. The van der Waals surface area contributed by atoms with E-state index in [-0.39, 0.29) is 0 Å². The van der Waals surface area contributed by atoms with E-state index in [4.69, 9.17) is 5.11 Å². The lowest BCUT2D eigenvalue weighted by Gasteiger charge is -2.26. The van der Waals surface area contributed by atoms with Crippen LogP contribution in [0.3, 0.4) is 0 Å². The second kappa shape index (κ2) is 6.71. The molecule has 20 heavy (non-hydrogen) atoms. The maximum Gasteiger partial charge on any atom is 0.328 e. The van der Waals surface area contributed by atoms with Crippen molar-refractivity contribution >= 4 is 12.0 Å². The predicted octanol–water partition coefficient (Wildman–Crippen LogP) is 3.40. The van der Waals surface area contributed by atoms with E-state index in [9.17, 15) is 4.79 Å². The average Bonchev–Trinajstić information content (AvgIpc) is 3.21. The van der Waals surface area contributed by atoms with Crippen LogP contribution in [0.5, 0.6) is 0 Å². The molecule has 1 fully saturated rings. The third-order valence-electron chi connectivity index (χ3n) is 3.70. The van der Waals surface area contributed by atoms with Crippen LogP contribution in [0.2, 0.25) is 0 Å². The minimum Gasteiger partial charge on any atom is -0.478 e. The van der Waals surface area contributed by atoms with Crippen LogP contribution in [-0.2, 0) is 11.3 Å². The first-order valence-corrected chi connectivity index (χ1v) is 7.28. The number of carboxylic acids is 1. The monoisotopic (exact) mass is 273 g/mol. The van der Waals surface area contributed by atoms with Crippen LogP contribution in [-0.4, -0.2) is 28.6 Å². The molecule has 0 spiro atoms. The van der Waals surface area contributed by atoms with Gasteiger partial charge in [0, 0.05) is 25.2 Å². The lowest BCUT2D eigenvalue weighted by Crippen LogP contribution is -2.32. The van der Waals surface area contributed by atoms with Crippen molar-refractivity contribution in [2.75, 3.05) is 6.54 Å². The van der Waals surface area contributed by atoms with Gasteiger partial charge in [-0.1, -0.05) is 24.3 Å². The highest BCUT2D eigenvalue weighted by Crippen LogP contribution is 2.30. The third-order valence-corrected chi connectivity index (χ3v) is 3.70. The molecule has 0 saturated heterocycles. The highest BCUT2D eigenvalue weighted by Gasteiger charge is 2.25. The van der Waals surface area contributed by atoms with Gasteiger partial charge in [-0.15, -0.1) is 0 Å². The minimum atomic E-state index is -0.913. The molecule has 0 amide bonds. The van der Waals surface area contributed by atoms with Crippen molar-refractivity contribution in [1.29, 1.82) is 0 Å². The summed E-state index contributed by atoms with van der Waals surface area (Å²) in [5.74, 6) is -0.0142. The summed E-state index contributed by atoms with van der Waals surface area (Å²) in [7, 11) is 0. The fraction of sp³-hybridized carbons (Fsp3) is 0.471. The zero-order chi connectivity index (χ0) is 14.5. The van der Waals surface area contributed by atoms with Crippen molar-refractivity contribution in [3.05, 3.63) is 41.5 Å². The summed E-state index contributed by atoms with van der Waals surface area (Å²) < 4.78 is 0. The fourth-order valence-electron chi connectivity index (χ4n) is 2.23. The molecule has 0 unspecified atom stereocenters. The molecule has 1 aliphatic carbocycles. The van der Waals surface area contributed by atoms with E-state index in [2.05, 4.69) is 30.9 Å². The van der Waals surface area contributed by atoms with Crippen LogP contribution < -0.4 is 0 Å². The lowest BCUT2D eigenvalue weighted by molar-refractivity contribution is -0.131. The van der Waals surface area contributed by atoms with Gasteiger partial charge >= 0.3 is 5.97 Å². The Hall–Kier alpha value is -1.61. The summed E-state index contributed by atoms with van der Waals surface area (Å²) in [6.45, 7) is 6.65. The van der Waals surface area contributed by atoms with E-state index in [1.165, 1.54) is 31.0 Å². The zero-order valence-corrected chi connectivity index (χ0v) is 12.2. The van der Waals surface area contributed by atoms with Gasteiger partial charge < -0.3 is 5.11 Å². The molecule has 1 saturated carbocycles. The standard InChI is InChI=1S/C17H23NO2/c1-13(2)18(12-16-7-8-16)11-15-5-3-14(4-6-15)9-10-17(19)20/h3-6,9-10,13,16H,7-8,11-12H2,1-2H3,(H,19,20). The van der Waals surface area contributed by atoms with Crippen molar-refractivity contribution in [3.63, 3.8) is 0 Å². The van der Waals surface area contributed by atoms with Gasteiger partial charge in [0.05, 0.1) is 0 Å². The largest absolute Gasteiger partial charge is 0.478 e. The molecule has 1 N–H and O–H groups in total. The number of carboxylic acid groups (broad SMARTS) is 1. The highest BCUT2D eigenvalue weighted by atomic mass is 16.4. The van der Waals surface area contributed by atoms with Gasteiger partial charge in [0.15, 0.2) is 0 Å². The van der Waals surface area contributed by atoms with E-state index in [0.29, 0.717) is 6.04 Å². The quantitative estimate of drug-likeness (QED) is 0.774. The van der Waals surface area contributed by atoms with E-state index < -0.39 is 5.97 Å². The van der Waals surface area contributed by atoms with Crippen molar-refractivity contribution in [2.24, 2.45) is 5.92 Å². The summed E-state index contributed by atoms with van der Waals surface area (Å²) in [5, 5.41) is 8.61. The molecule has 2 rings (SSSR count). The van der Waals surface area contributed by atoms with Gasteiger partial charge in [-0.25, -0.2) is 4.79 Å². The zero-order valence-electron chi connectivity index (χ0n) is 12.2. The van der Waals surface area contributed by atoms with Gasteiger partial charge in [0.1, 0.15) is 0 Å². The minimum absolute atomic E-state index is 0.558. The maximum absolute atomic E-state index is 10.5. The number of nitrogens with zero attached hydrogens (tertiary/aromatic N) is 1. The van der Waals surface area contributed by atoms with Gasteiger partial charge in [-0.2, -0.15) is 0 Å². The molecule has 0 aromatic heterocycles. The Morgan fingerprint density at radius 1 is 1.35 bits per heavy atom. The van der Waals surface area contributed by atoms with Gasteiger partial charge in [-0.05, 0) is 49.8 Å². The fourth-order valence-corrected chi connectivity index (χ4v) is 2.23. The normalized spacial score (nSPS) is 15.4. The molecular formula is C17H23NO2. The topological polar surface area (TPSA) is 40.5 Å². The Labute approximate surface area is 120 Å². The first-order valence-electron chi connectivity index (χ1n) is 7.28. The molecule has 0 bridgehead atoms. The molecule has 0 aliphatic heterocycles. The molecule has 1 aliphatic rings. The Morgan fingerprint density at radius 2 is 2.00 bits per heavy atom. The molecule has 108 valence electrons. The van der Waals surface area contributed by atoms with E-state index in [1.807, 2.05) is 12.1 Å². The number of aliphatic carboxylic acids is 1. The number of hydrogen-bond donors (Lipinski definition) is 1. The number of rotatable bonds is 7. The van der Waals surface area contributed by atoms with Crippen LogP contribution in [0.25, 0.3) is 6.08 Å². The Kier molecular flexibility index (Phi) is 4.96. The van der Waals surface area contributed by atoms with E-state index >= 15 is 0 Å². The molecule has 1 aromatic carbocycles. The Bertz CT molecular complexity index is 472. The maximum atomic E-state index is 10.5. The van der Waals surface area contributed by atoms with Crippen LogP contribution in [0.4, 0.5) is 0 Å². The summed E-state index contributed by atoms with van der Waals surface area (Å²) in [6.07, 6.45) is 5.54. The van der Waals surface area contributed by atoms with Crippen molar-refractivity contribution in [3.8, 4) is 0 Å². The third kappa shape index (κ3) is 4.82. The number of hydrogen-bond acceptors (Lipinski definition) is 2. The molecule has 1 aromatic rings. The van der Waals surface area contributed by atoms with Gasteiger partial charge in [0.25, 0.3) is 0 Å². The van der Waals surface area contributed by atoms with Gasteiger partial charge in [-0.3, -0.25) is 4.90 Å². The SMILES string of the molecule is CC(C)N(Cc1ccc(C=CC(=O)O)cc1)CC1CC1. The summed E-state index contributed by atoms with van der Waals surface area (Å²) in [6, 6.07) is 8.68. The Morgan fingerprint density at radius 3 is 2.50 bits per heavy atom. The molecular weight excluding hydrogens is 250 g/mol. The lowest BCUT2D eigenvalue weighted by atomic mass is 10.1. The van der Waals surface area contributed by atoms with Crippen LogP contribution in [0.1, 0.15) is 37.8 Å². The van der Waals surface area contributed by atoms with Crippen molar-refractivity contribution in [1.82, 2.24) is 4.90 Å². The summed E-state index contributed by atoms with van der Waals surface area (Å²) >= 11 is 0. The highest BCUT2D eigenvalue weighted by molar-refractivity contribution is 5.85. The molecule has 0 heterocycles. The van der Waals surface area contributed by atoms with E-state index in [1.54, 1.807) is 6.08 Å². The summed E-state index contributed by atoms with van der Waals surface area (Å²) in [4.78, 5) is 13.0. The first-order chi connectivity index (χ1) is 9.54. The molecule has 0 atom stereocenters. The average molecular weight is 273 g/mol. The van der Waals surface area contributed by atoms with Gasteiger partial charge in [0.2, 0.25) is 0 Å². The first kappa shape index (κ1) is 14.8. The Balaban J connectivity index is 1.95. The summed E-state index contributed by atoms with van der Waals surface area (Å²) in [5.41, 5.74) is 2.21. The number of benzene rings is 1. The molecule has 3 heteroatoms. The molecule has 0 radical (unpaired) electrons. The van der Waals surface area contributed by atoms with Crippen molar-refractivity contribution in [2.45, 2.75) is 39.3 Å². The van der Waals surface area contributed by atoms with Crippen LogP contribution in [0, 0.1) is 5.92 Å². The number of carbonyl (C=O) groups is 1. The van der Waals surface area contributed by atoms with E-state index in [0.717, 1.165) is 18.0 Å².